The molecule has 1 N–H and O–H groups in total. The summed E-state index contributed by atoms with van der Waals surface area (Å²) in [5.74, 6) is 0.965. The zero-order valence-electron chi connectivity index (χ0n) is 15.5. The van der Waals surface area contributed by atoms with Gasteiger partial charge in [0.15, 0.2) is 0 Å². The van der Waals surface area contributed by atoms with Gasteiger partial charge in [-0.25, -0.2) is 0 Å². The molecule has 1 heterocycles. The molecule has 1 unspecified atom stereocenters. The van der Waals surface area contributed by atoms with Gasteiger partial charge >= 0.3 is 0 Å². The number of nitrogens with one attached hydrogen (secondary N) is 1. The van der Waals surface area contributed by atoms with Gasteiger partial charge in [0.1, 0.15) is 23.3 Å². The Balaban J connectivity index is 1.82. The molecule has 0 spiro atoms. The van der Waals surface area contributed by atoms with E-state index >= 15 is 0 Å². The first-order valence-electron chi connectivity index (χ1n) is 8.47. The van der Waals surface area contributed by atoms with Crippen LogP contribution in [0.25, 0.3) is 0 Å². The van der Waals surface area contributed by atoms with E-state index in [0.29, 0.717) is 11.5 Å². The van der Waals surface area contributed by atoms with Crippen molar-refractivity contribution >= 4 is 33.2 Å². The van der Waals surface area contributed by atoms with Crippen LogP contribution in [0.5, 0.6) is 17.2 Å². The van der Waals surface area contributed by atoms with Crippen LogP contribution in [0.3, 0.4) is 0 Å². The molecule has 0 saturated carbocycles. The first-order valence-corrected chi connectivity index (χ1v) is 9.27. The van der Waals surface area contributed by atoms with Crippen LogP contribution in [-0.4, -0.2) is 27.7 Å². The fourth-order valence-electron chi connectivity index (χ4n) is 2.49. The molecule has 1 atom stereocenters. The smallest absolute Gasteiger partial charge is 0.275 e. The van der Waals surface area contributed by atoms with Gasteiger partial charge in [-0.3, -0.25) is 19.6 Å². The Morgan fingerprint density at radius 1 is 1.21 bits per heavy atom. The number of carbonyl (C=O) groups excluding carboxylic acids is 1. The summed E-state index contributed by atoms with van der Waals surface area (Å²) in [7, 11) is 1.55. The highest BCUT2D eigenvalue weighted by molar-refractivity contribution is 9.10. The van der Waals surface area contributed by atoms with Crippen LogP contribution in [0.15, 0.2) is 59.3 Å². The van der Waals surface area contributed by atoms with Crippen molar-refractivity contribution in [3.8, 4) is 17.2 Å². The molecule has 10 heteroatoms. The number of halogens is 1. The minimum Gasteiger partial charge on any atom is -0.497 e. The summed E-state index contributed by atoms with van der Waals surface area (Å²) in [5, 5.41) is 18.0. The number of nitro benzene ring substituents is 1. The molecule has 2 aromatic carbocycles. The van der Waals surface area contributed by atoms with Gasteiger partial charge in [0.2, 0.25) is 5.91 Å². The first kappa shape index (κ1) is 20.3. The second-order valence-electron chi connectivity index (χ2n) is 6.05. The highest BCUT2D eigenvalue weighted by Gasteiger charge is 2.18. The maximum atomic E-state index is 12.5. The molecule has 0 aliphatic rings. The second-order valence-corrected chi connectivity index (χ2v) is 6.97. The van der Waals surface area contributed by atoms with Crippen molar-refractivity contribution in [3.05, 3.63) is 69.4 Å². The molecule has 0 aliphatic carbocycles. The Hall–Kier alpha value is -3.40. The lowest BCUT2D eigenvalue weighted by atomic mass is 10.2. The highest BCUT2D eigenvalue weighted by atomic mass is 79.9. The van der Waals surface area contributed by atoms with E-state index in [0.717, 1.165) is 4.47 Å². The van der Waals surface area contributed by atoms with E-state index in [9.17, 15) is 14.9 Å². The normalized spacial score (nSPS) is 11.6. The fraction of sp³-hybridized carbons (Fsp3) is 0.158. The van der Waals surface area contributed by atoms with Crippen LogP contribution in [0.4, 0.5) is 11.4 Å². The van der Waals surface area contributed by atoms with Crippen molar-refractivity contribution < 1.29 is 19.2 Å². The summed E-state index contributed by atoms with van der Waals surface area (Å²) in [4.78, 5) is 23.3. The average Bonchev–Trinajstić information content (AvgIpc) is 3.14. The monoisotopic (exact) mass is 460 g/mol. The number of non-ortho nitro benzene ring substituents is 1. The number of nitrogens with zero attached hydrogens (tertiary/aromatic N) is 3. The van der Waals surface area contributed by atoms with Gasteiger partial charge in [0, 0.05) is 18.3 Å². The van der Waals surface area contributed by atoms with Gasteiger partial charge in [-0.05, 0) is 47.1 Å². The predicted molar refractivity (Wildman–Crippen MR) is 109 cm³/mol. The molecular formula is C19H17BrN4O5. The summed E-state index contributed by atoms with van der Waals surface area (Å²) >= 11 is 3.28. The third-order valence-corrected chi connectivity index (χ3v) is 4.42. The number of hydrogen-bond donors (Lipinski definition) is 1. The van der Waals surface area contributed by atoms with E-state index in [1.807, 2.05) is 0 Å². The fourth-order valence-corrected chi connectivity index (χ4v) is 2.79. The third-order valence-electron chi connectivity index (χ3n) is 4.01. The maximum absolute atomic E-state index is 12.5. The summed E-state index contributed by atoms with van der Waals surface area (Å²) in [6, 6.07) is 10.2. The number of amides is 1. The standard InChI is InChI=1S/C19H17BrN4O5/c1-12(23-11-13(20)10-21-23)19(25)22-14-7-15(24(26)27)9-18(8-14)29-17-5-3-16(28-2)4-6-17/h3-12H,1-2H3,(H,22,25). The molecule has 0 bridgehead atoms. The van der Waals surface area contributed by atoms with Gasteiger partial charge in [-0.2, -0.15) is 5.10 Å². The summed E-state index contributed by atoms with van der Waals surface area (Å²) < 4.78 is 13.0. The Morgan fingerprint density at radius 2 is 1.90 bits per heavy atom. The topological polar surface area (TPSA) is 109 Å². The van der Waals surface area contributed by atoms with Crippen molar-refractivity contribution in [1.82, 2.24) is 9.78 Å². The molecule has 150 valence electrons. The largest absolute Gasteiger partial charge is 0.497 e. The van der Waals surface area contributed by atoms with E-state index in [4.69, 9.17) is 9.47 Å². The maximum Gasteiger partial charge on any atom is 0.275 e. The molecule has 3 aromatic rings. The Bertz CT molecular complexity index is 1040. The molecule has 1 amide bonds. The van der Waals surface area contributed by atoms with Crippen molar-refractivity contribution in [2.75, 3.05) is 12.4 Å². The van der Waals surface area contributed by atoms with E-state index < -0.39 is 11.0 Å². The zero-order valence-corrected chi connectivity index (χ0v) is 17.1. The molecule has 29 heavy (non-hydrogen) atoms. The lowest BCUT2D eigenvalue weighted by molar-refractivity contribution is -0.384. The van der Waals surface area contributed by atoms with Crippen molar-refractivity contribution in [2.24, 2.45) is 0 Å². The molecule has 0 saturated heterocycles. The van der Waals surface area contributed by atoms with Crippen molar-refractivity contribution in [1.29, 1.82) is 0 Å². The lowest BCUT2D eigenvalue weighted by Gasteiger charge is -2.14. The van der Waals surface area contributed by atoms with Gasteiger partial charge in [-0.1, -0.05) is 0 Å². The number of benzene rings is 2. The first-order chi connectivity index (χ1) is 13.9. The SMILES string of the molecule is COc1ccc(Oc2cc(NC(=O)C(C)n3cc(Br)cn3)cc([N+](=O)[O-])c2)cc1. The van der Waals surface area contributed by atoms with E-state index in [2.05, 4.69) is 26.3 Å². The summed E-state index contributed by atoms with van der Waals surface area (Å²) in [6.45, 7) is 1.67. The minimum absolute atomic E-state index is 0.208. The average molecular weight is 461 g/mol. The molecule has 0 radical (unpaired) electrons. The van der Waals surface area contributed by atoms with E-state index in [1.54, 1.807) is 50.7 Å². The van der Waals surface area contributed by atoms with Crippen molar-refractivity contribution in [2.45, 2.75) is 13.0 Å². The quantitative estimate of drug-likeness (QED) is 0.409. The number of hydrogen-bond acceptors (Lipinski definition) is 6. The van der Waals surface area contributed by atoms with Crippen molar-refractivity contribution in [3.63, 3.8) is 0 Å². The Labute approximate surface area is 174 Å². The molecular weight excluding hydrogens is 444 g/mol. The van der Waals surface area contributed by atoms with Gasteiger partial charge in [-0.15, -0.1) is 0 Å². The number of nitro groups is 1. The summed E-state index contributed by atoms with van der Waals surface area (Å²) in [6.07, 6.45) is 3.23. The van der Waals surface area contributed by atoms with E-state index in [-0.39, 0.29) is 23.0 Å². The van der Waals surface area contributed by atoms with E-state index in [1.165, 1.54) is 22.9 Å². The third kappa shape index (κ3) is 5.11. The number of anilines is 1. The van der Waals surface area contributed by atoms with Crippen LogP contribution in [0.1, 0.15) is 13.0 Å². The number of carbonyl (C=O) groups is 1. The van der Waals surface area contributed by atoms with Crippen LogP contribution < -0.4 is 14.8 Å². The predicted octanol–water partition coefficient (Wildman–Crippen LogP) is 4.55. The molecule has 1 aromatic heterocycles. The zero-order chi connectivity index (χ0) is 21.0. The highest BCUT2D eigenvalue weighted by Crippen LogP contribution is 2.31. The van der Waals surface area contributed by atoms with Crippen LogP contribution in [0, 0.1) is 10.1 Å². The number of methoxy groups -OCH3 is 1. The van der Waals surface area contributed by atoms with Gasteiger partial charge in [0.25, 0.3) is 5.69 Å². The van der Waals surface area contributed by atoms with Crippen LogP contribution in [-0.2, 0) is 4.79 Å². The van der Waals surface area contributed by atoms with Crippen LogP contribution in [0.2, 0.25) is 0 Å². The Kier molecular flexibility index (Phi) is 6.13. The Morgan fingerprint density at radius 3 is 2.48 bits per heavy atom. The molecule has 9 nitrogen and oxygen atoms in total. The number of aromatic nitrogens is 2. The minimum atomic E-state index is -0.619. The molecule has 3 rings (SSSR count). The molecule has 0 aliphatic heterocycles. The summed E-state index contributed by atoms with van der Waals surface area (Å²) in [5.41, 5.74) is 0.0339. The lowest BCUT2D eigenvalue weighted by Crippen LogP contribution is -2.24. The second kappa shape index (κ2) is 8.74. The number of rotatable bonds is 7. The van der Waals surface area contributed by atoms with Gasteiger partial charge < -0.3 is 14.8 Å². The van der Waals surface area contributed by atoms with Crippen LogP contribution >= 0.6 is 15.9 Å². The molecule has 0 fully saturated rings. The van der Waals surface area contributed by atoms with Gasteiger partial charge in [0.05, 0.1) is 34.5 Å². The number of ether oxygens (including phenoxy) is 2.